The van der Waals surface area contributed by atoms with E-state index in [1.807, 2.05) is 0 Å². The first-order chi connectivity index (χ1) is 8.41. The fourth-order valence-corrected chi connectivity index (χ4v) is 2.85. The molecule has 1 amide bonds. The molecule has 0 saturated heterocycles. The zero-order valence-corrected chi connectivity index (χ0v) is 13.5. The number of hydrogen-bond acceptors (Lipinski definition) is 1. The first-order valence-electron chi connectivity index (χ1n) is 5.78. The van der Waals surface area contributed by atoms with E-state index in [9.17, 15) is 9.18 Å². The molecule has 0 heterocycles. The second-order valence-electron chi connectivity index (χ2n) is 4.54. The van der Waals surface area contributed by atoms with Crippen LogP contribution < -0.4 is 5.32 Å². The van der Waals surface area contributed by atoms with E-state index in [4.69, 9.17) is 0 Å². The van der Waals surface area contributed by atoms with Gasteiger partial charge in [0.05, 0.1) is 10.0 Å². The van der Waals surface area contributed by atoms with E-state index < -0.39 is 5.82 Å². The molecule has 2 nitrogen and oxygen atoms in total. The Bertz CT molecular complexity index is 423. The van der Waals surface area contributed by atoms with Crippen LogP contribution in [0.25, 0.3) is 0 Å². The number of nitrogens with one attached hydrogen (secondary N) is 1. The molecule has 0 bridgehead atoms. The van der Waals surface area contributed by atoms with Gasteiger partial charge in [0.25, 0.3) is 5.91 Å². The van der Waals surface area contributed by atoms with Crippen molar-refractivity contribution < 1.29 is 9.18 Å². The molecule has 5 heteroatoms. The summed E-state index contributed by atoms with van der Waals surface area (Å²) in [5, 5.41) is 2.73. The molecule has 0 aliphatic carbocycles. The van der Waals surface area contributed by atoms with Crippen molar-refractivity contribution in [2.75, 3.05) is 6.54 Å². The predicted molar refractivity (Wildman–Crippen MR) is 78.6 cm³/mol. The minimum absolute atomic E-state index is 0.0635. The van der Waals surface area contributed by atoms with Crippen LogP contribution in [0.1, 0.15) is 30.6 Å². The van der Waals surface area contributed by atoms with E-state index in [-0.39, 0.29) is 16.3 Å². The van der Waals surface area contributed by atoms with Crippen LogP contribution in [0.2, 0.25) is 0 Å². The average Bonchev–Trinajstić information content (AvgIpc) is 2.29. The molecule has 1 aromatic carbocycles. The summed E-state index contributed by atoms with van der Waals surface area (Å²) in [4.78, 5) is 12.0. The van der Waals surface area contributed by atoms with Gasteiger partial charge in [0.2, 0.25) is 0 Å². The van der Waals surface area contributed by atoms with Crippen molar-refractivity contribution in [1.82, 2.24) is 5.32 Å². The van der Waals surface area contributed by atoms with Crippen LogP contribution >= 0.6 is 31.9 Å². The van der Waals surface area contributed by atoms with E-state index in [2.05, 4.69) is 51.0 Å². The zero-order valence-electron chi connectivity index (χ0n) is 10.3. The topological polar surface area (TPSA) is 29.1 Å². The largest absolute Gasteiger partial charge is 0.351 e. The van der Waals surface area contributed by atoms with Crippen molar-refractivity contribution in [2.24, 2.45) is 5.92 Å². The lowest BCUT2D eigenvalue weighted by Gasteiger charge is -2.13. The molecule has 1 unspecified atom stereocenters. The third kappa shape index (κ3) is 4.69. The highest BCUT2D eigenvalue weighted by Gasteiger charge is 2.15. The number of benzene rings is 1. The molecule has 0 spiro atoms. The Labute approximate surface area is 124 Å². The van der Waals surface area contributed by atoms with Crippen LogP contribution in [0.3, 0.4) is 0 Å². The smallest absolute Gasteiger partial charge is 0.254 e. The van der Waals surface area contributed by atoms with Gasteiger partial charge in [0, 0.05) is 11.4 Å². The molecule has 0 fully saturated rings. The maximum atomic E-state index is 13.7. The minimum Gasteiger partial charge on any atom is -0.351 e. The summed E-state index contributed by atoms with van der Waals surface area (Å²) >= 11 is 6.56. The molecule has 1 aromatic rings. The Morgan fingerprint density at radius 1 is 1.44 bits per heavy atom. The fraction of sp³-hybridized carbons (Fsp3) is 0.462. The van der Waals surface area contributed by atoms with Crippen molar-refractivity contribution in [1.29, 1.82) is 0 Å². The molecule has 0 aliphatic heterocycles. The van der Waals surface area contributed by atoms with Crippen LogP contribution in [-0.2, 0) is 0 Å². The molecule has 0 saturated carbocycles. The van der Waals surface area contributed by atoms with Crippen molar-refractivity contribution in [2.45, 2.75) is 25.1 Å². The number of halogens is 3. The van der Waals surface area contributed by atoms with Crippen molar-refractivity contribution in [3.8, 4) is 0 Å². The van der Waals surface area contributed by atoms with Gasteiger partial charge in [-0.3, -0.25) is 4.79 Å². The van der Waals surface area contributed by atoms with Gasteiger partial charge in [-0.05, 0) is 40.4 Å². The lowest BCUT2D eigenvalue weighted by Crippen LogP contribution is -2.30. The average molecular weight is 381 g/mol. The van der Waals surface area contributed by atoms with E-state index >= 15 is 0 Å². The van der Waals surface area contributed by atoms with Gasteiger partial charge >= 0.3 is 0 Å². The van der Waals surface area contributed by atoms with Gasteiger partial charge in [-0.2, -0.15) is 0 Å². The standard InChI is InChI=1S/C13H16Br2FNO/c1-8(2)6-9(14)7-17-13(18)10-4-3-5-11(15)12(10)16/h3-5,8-9H,6-7H2,1-2H3,(H,17,18). The molecule has 18 heavy (non-hydrogen) atoms. The molecular formula is C13H16Br2FNO. The van der Waals surface area contributed by atoms with E-state index in [0.29, 0.717) is 16.9 Å². The number of carbonyl (C=O) groups is 1. The second kappa shape index (κ2) is 7.24. The summed E-state index contributed by atoms with van der Waals surface area (Å²) < 4.78 is 14.0. The molecule has 100 valence electrons. The molecule has 0 radical (unpaired) electrons. The molecular weight excluding hydrogens is 365 g/mol. The molecule has 0 aromatic heterocycles. The normalized spacial score (nSPS) is 12.6. The Morgan fingerprint density at radius 3 is 2.72 bits per heavy atom. The fourth-order valence-electron chi connectivity index (χ4n) is 1.57. The lowest BCUT2D eigenvalue weighted by atomic mass is 10.1. The Hall–Kier alpha value is -0.420. The van der Waals surface area contributed by atoms with E-state index in [1.54, 1.807) is 12.1 Å². The molecule has 1 rings (SSSR count). The summed E-state index contributed by atoms with van der Waals surface area (Å²) in [6.07, 6.45) is 0.960. The van der Waals surface area contributed by atoms with Crippen LogP contribution in [0.15, 0.2) is 22.7 Å². The van der Waals surface area contributed by atoms with Crippen LogP contribution in [0.4, 0.5) is 4.39 Å². The summed E-state index contributed by atoms with van der Waals surface area (Å²) in [6, 6.07) is 4.68. The molecule has 1 atom stereocenters. The number of amides is 1. The maximum absolute atomic E-state index is 13.7. The van der Waals surface area contributed by atoms with E-state index in [1.165, 1.54) is 6.07 Å². The minimum atomic E-state index is -0.523. The first-order valence-corrected chi connectivity index (χ1v) is 7.49. The number of hydrogen-bond donors (Lipinski definition) is 1. The highest BCUT2D eigenvalue weighted by molar-refractivity contribution is 9.10. The van der Waals surface area contributed by atoms with Crippen molar-refractivity contribution in [3.05, 3.63) is 34.1 Å². The van der Waals surface area contributed by atoms with Gasteiger partial charge in [-0.25, -0.2) is 4.39 Å². The maximum Gasteiger partial charge on any atom is 0.254 e. The SMILES string of the molecule is CC(C)CC(Br)CNC(=O)c1cccc(Br)c1F. The van der Waals surface area contributed by atoms with Gasteiger partial charge < -0.3 is 5.32 Å². The quantitative estimate of drug-likeness (QED) is 0.764. The highest BCUT2D eigenvalue weighted by atomic mass is 79.9. The van der Waals surface area contributed by atoms with Gasteiger partial charge in [-0.1, -0.05) is 35.8 Å². The lowest BCUT2D eigenvalue weighted by molar-refractivity contribution is 0.0949. The van der Waals surface area contributed by atoms with Crippen LogP contribution in [0.5, 0.6) is 0 Å². The third-order valence-corrected chi connectivity index (χ3v) is 3.72. The Balaban J connectivity index is 2.58. The Kier molecular flexibility index (Phi) is 6.29. The van der Waals surface area contributed by atoms with Crippen LogP contribution in [0, 0.1) is 11.7 Å². The van der Waals surface area contributed by atoms with Crippen LogP contribution in [-0.4, -0.2) is 17.3 Å². The zero-order chi connectivity index (χ0) is 13.7. The highest BCUT2D eigenvalue weighted by Crippen LogP contribution is 2.18. The van der Waals surface area contributed by atoms with Gasteiger partial charge in [-0.15, -0.1) is 0 Å². The van der Waals surface area contributed by atoms with Crippen molar-refractivity contribution in [3.63, 3.8) is 0 Å². The summed E-state index contributed by atoms with van der Waals surface area (Å²) in [5.74, 6) is -0.360. The summed E-state index contributed by atoms with van der Waals surface area (Å²) in [6.45, 7) is 4.72. The summed E-state index contributed by atoms with van der Waals surface area (Å²) in [7, 11) is 0. The molecule has 1 N–H and O–H groups in total. The van der Waals surface area contributed by atoms with Crippen molar-refractivity contribution >= 4 is 37.8 Å². The first kappa shape index (κ1) is 15.6. The third-order valence-electron chi connectivity index (χ3n) is 2.41. The monoisotopic (exact) mass is 379 g/mol. The van der Waals surface area contributed by atoms with Gasteiger partial charge in [0.1, 0.15) is 5.82 Å². The predicted octanol–water partition coefficient (Wildman–Crippen LogP) is 4.13. The molecule has 0 aliphatic rings. The number of rotatable bonds is 5. The Morgan fingerprint density at radius 2 is 2.11 bits per heavy atom. The van der Waals surface area contributed by atoms with Gasteiger partial charge in [0.15, 0.2) is 0 Å². The number of carbonyl (C=O) groups excluding carboxylic acids is 1. The van der Waals surface area contributed by atoms with E-state index in [0.717, 1.165) is 6.42 Å². The number of alkyl halides is 1. The summed E-state index contributed by atoms with van der Waals surface area (Å²) in [5.41, 5.74) is 0.0635. The second-order valence-corrected chi connectivity index (χ2v) is 6.69.